The minimum atomic E-state index is -4.93. The van der Waals surface area contributed by atoms with Crippen molar-refractivity contribution in [2.24, 2.45) is 0 Å². The van der Waals surface area contributed by atoms with Gasteiger partial charge in [-0.1, -0.05) is 0 Å². The van der Waals surface area contributed by atoms with Crippen LogP contribution in [0.25, 0.3) is 0 Å². The summed E-state index contributed by atoms with van der Waals surface area (Å²) < 4.78 is 74.8. The molecule has 1 rings (SSSR count). The van der Waals surface area contributed by atoms with E-state index < -0.39 is 35.6 Å². The van der Waals surface area contributed by atoms with Crippen molar-refractivity contribution in [3.05, 3.63) is 32.4 Å². The smallest absolute Gasteiger partial charge is 0.392 e. The number of hydrogen-bond donors (Lipinski definition) is 1. The number of rotatable bonds is 1. The Labute approximate surface area is 106 Å². The van der Waals surface area contributed by atoms with Gasteiger partial charge < -0.3 is 5.11 Å². The monoisotopic (exact) mass is 370 g/mol. The highest BCUT2D eigenvalue weighted by Gasteiger charge is 2.40. The lowest BCUT2D eigenvalue weighted by Crippen LogP contribution is -2.17. The molecule has 8 heteroatoms. The van der Waals surface area contributed by atoms with Crippen molar-refractivity contribution in [2.75, 3.05) is 0 Å². The molecule has 17 heavy (non-hydrogen) atoms. The summed E-state index contributed by atoms with van der Waals surface area (Å²) in [7, 11) is 0. The Morgan fingerprint density at radius 1 is 0.941 bits per heavy atom. The summed E-state index contributed by atoms with van der Waals surface area (Å²) >= 11 is 1.36. The molecular formula is C9H5F6IO. The fraction of sp³-hybridized carbons (Fsp3) is 0.333. The molecule has 0 aromatic heterocycles. The zero-order valence-electron chi connectivity index (χ0n) is 7.95. The molecule has 0 aliphatic heterocycles. The molecule has 0 radical (unpaired) electrons. The first kappa shape index (κ1) is 14.6. The lowest BCUT2D eigenvalue weighted by Gasteiger charge is -2.17. The molecule has 0 bridgehead atoms. The predicted octanol–water partition coefficient (Wildman–Crippen LogP) is 3.82. The van der Waals surface area contributed by atoms with Crippen molar-refractivity contribution in [3.8, 4) is 0 Å². The summed E-state index contributed by atoms with van der Waals surface area (Å²) in [6.07, 6.45) is -9.86. The summed E-state index contributed by atoms with van der Waals surface area (Å²) in [5.74, 6) is 0. The largest absolute Gasteiger partial charge is 0.416 e. The van der Waals surface area contributed by atoms with Crippen LogP contribution >= 0.6 is 22.6 Å². The van der Waals surface area contributed by atoms with Crippen LogP contribution < -0.4 is 0 Å². The van der Waals surface area contributed by atoms with Crippen LogP contribution in [0.4, 0.5) is 26.3 Å². The van der Waals surface area contributed by atoms with E-state index in [2.05, 4.69) is 0 Å². The van der Waals surface area contributed by atoms with Crippen LogP contribution in [0.3, 0.4) is 0 Å². The summed E-state index contributed by atoms with van der Waals surface area (Å²) in [6, 6.07) is 1.14. The maximum Gasteiger partial charge on any atom is 0.416 e. The van der Waals surface area contributed by atoms with Gasteiger partial charge in [-0.25, -0.2) is 0 Å². The van der Waals surface area contributed by atoms with Gasteiger partial charge in [-0.3, -0.25) is 0 Å². The molecular weight excluding hydrogens is 365 g/mol. The molecule has 1 N–H and O–H groups in total. The van der Waals surface area contributed by atoms with E-state index >= 15 is 0 Å². The van der Waals surface area contributed by atoms with E-state index in [0.29, 0.717) is 12.1 Å². The van der Waals surface area contributed by atoms with Crippen LogP contribution in [-0.2, 0) is 19.0 Å². The van der Waals surface area contributed by atoms with E-state index in [1.165, 1.54) is 22.6 Å². The number of alkyl halides is 6. The van der Waals surface area contributed by atoms with Crippen molar-refractivity contribution < 1.29 is 31.4 Å². The molecule has 0 aliphatic carbocycles. The van der Waals surface area contributed by atoms with Gasteiger partial charge in [0.25, 0.3) is 0 Å². The Morgan fingerprint density at radius 2 is 1.29 bits per heavy atom. The van der Waals surface area contributed by atoms with E-state index in [4.69, 9.17) is 5.11 Å². The van der Waals surface area contributed by atoms with Gasteiger partial charge >= 0.3 is 12.4 Å². The lowest BCUT2D eigenvalue weighted by molar-refractivity contribution is -0.145. The van der Waals surface area contributed by atoms with Crippen molar-refractivity contribution >= 4 is 22.6 Å². The highest BCUT2D eigenvalue weighted by molar-refractivity contribution is 14.1. The minimum Gasteiger partial charge on any atom is -0.392 e. The van der Waals surface area contributed by atoms with Crippen LogP contribution in [0.5, 0.6) is 0 Å². The summed E-state index contributed by atoms with van der Waals surface area (Å²) in [5.41, 5.74) is -4.07. The Kier molecular flexibility index (Phi) is 3.97. The average Bonchev–Trinajstić information content (AvgIpc) is 2.13. The Hall–Kier alpha value is -0.510. The van der Waals surface area contributed by atoms with Crippen molar-refractivity contribution in [1.82, 2.24) is 0 Å². The topological polar surface area (TPSA) is 20.2 Å². The first-order chi connectivity index (χ1) is 7.57. The molecule has 0 spiro atoms. The SMILES string of the molecule is OCc1c(C(F)(F)F)cc(I)cc1C(F)(F)F. The standard InChI is InChI=1S/C9H5F6IO/c10-8(11,12)6-1-4(16)2-7(5(6)3-17)9(13,14)15/h1-2,17H,3H2. The first-order valence-corrected chi connectivity index (χ1v) is 5.23. The molecule has 0 heterocycles. The number of benzene rings is 1. The number of aliphatic hydroxyl groups is 1. The minimum absolute atomic E-state index is 0.195. The van der Waals surface area contributed by atoms with Crippen molar-refractivity contribution in [3.63, 3.8) is 0 Å². The number of aliphatic hydroxyl groups excluding tert-OH is 1. The quantitative estimate of drug-likeness (QED) is 0.589. The van der Waals surface area contributed by atoms with Gasteiger partial charge in [-0.15, -0.1) is 0 Å². The Balaban J connectivity index is 3.58. The van der Waals surface area contributed by atoms with Crippen molar-refractivity contribution in [1.29, 1.82) is 0 Å². The maximum absolute atomic E-state index is 12.5. The van der Waals surface area contributed by atoms with E-state index in [1.807, 2.05) is 0 Å². The van der Waals surface area contributed by atoms with E-state index in [0.717, 1.165) is 0 Å². The zero-order valence-corrected chi connectivity index (χ0v) is 10.1. The Morgan fingerprint density at radius 3 is 1.53 bits per heavy atom. The van der Waals surface area contributed by atoms with Gasteiger partial charge in [0.1, 0.15) is 0 Å². The third kappa shape index (κ3) is 3.24. The van der Waals surface area contributed by atoms with Gasteiger partial charge in [0.15, 0.2) is 0 Å². The maximum atomic E-state index is 12.5. The second-order valence-electron chi connectivity index (χ2n) is 3.13. The lowest BCUT2D eigenvalue weighted by atomic mass is 10.0. The van der Waals surface area contributed by atoms with Crippen LogP contribution in [-0.4, -0.2) is 5.11 Å². The Bertz CT molecular complexity index is 387. The highest BCUT2D eigenvalue weighted by Crippen LogP contribution is 2.40. The molecule has 0 saturated carbocycles. The fourth-order valence-corrected chi connectivity index (χ4v) is 1.94. The second-order valence-corrected chi connectivity index (χ2v) is 4.38. The van der Waals surface area contributed by atoms with E-state index in [1.54, 1.807) is 0 Å². The number of hydrogen-bond acceptors (Lipinski definition) is 1. The van der Waals surface area contributed by atoms with Crippen LogP contribution in [0, 0.1) is 3.57 Å². The molecule has 0 aliphatic rings. The molecule has 0 saturated heterocycles. The zero-order chi connectivity index (χ0) is 13.4. The van der Waals surface area contributed by atoms with Crippen LogP contribution in [0.2, 0.25) is 0 Å². The molecule has 0 atom stereocenters. The average molecular weight is 370 g/mol. The van der Waals surface area contributed by atoms with Crippen LogP contribution in [0.15, 0.2) is 12.1 Å². The van der Waals surface area contributed by atoms with E-state index in [9.17, 15) is 26.3 Å². The summed E-state index contributed by atoms with van der Waals surface area (Å²) in [5, 5.41) is 8.71. The van der Waals surface area contributed by atoms with Gasteiger partial charge in [0, 0.05) is 9.13 Å². The molecule has 0 unspecified atom stereocenters. The van der Waals surface area contributed by atoms with Crippen molar-refractivity contribution in [2.45, 2.75) is 19.0 Å². The number of halogens is 7. The summed E-state index contributed by atoms with van der Waals surface area (Å²) in [6.45, 7) is -1.32. The third-order valence-corrected chi connectivity index (χ3v) is 2.61. The molecule has 96 valence electrons. The predicted molar refractivity (Wildman–Crippen MR) is 55.1 cm³/mol. The third-order valence-electron chi connectivity index (χ3n) is 1.98. The van der Waals surface area contributed by atoms with E-state index in [-0.39, 0.29) is 3.57 Å². The summed E-state index contributed by atoms with van der Waals surface area (Å²) in [4.78, 5) is 0. The van der Waals surface area contributed by atoms with Gasteiger partial charge in [-0.2, -0.15) is 26.3 Å². The van der Waals surface area contributed by atoms with Crippen LogP contribution in [0.1, 0.15) is 16.7 Å². The molecule has 1 aromatic carbocycles. The molecule has 1 nitrogen and oxygen atoms in total. The van der Waals surface area contributed by atoms with Gasteiger partial charge in [0.2, 0.25) is 0 Å². The first-order valence-electron chi connectivity index (χ1n) is 4.15. The normalized spacial score (nSPS) is 12.9. The fourth-order valence-electron chi connectivity index (χ4n) is 1.31. The molecule has 0 fully saturated rings. The van der Waals surface area contributed by atoms with Gasteiger partial charge in [0.05, 0.1) is 17.7 Å². The molecule has 0 amide bonds. The molecule has 1 aromatic rings. The highest BCUT2D eigenvalue weighted by atomic mass is 127. The second kappa shape index (κ2) is 4.63. The van der Waals surface area contributed by atoms with Gasteiger partial charge in [-0.05, 0) is 34.7 Å².